The average molecular weight is 332 g/mol. The predicted molar refractivity (Wildman–Crippen MR) is 98.4 cm³/mol. The first-order valence-electron chi connectivity index (χ1n) is 9.19. The van der Waals surface area contributed by atoms with E-state index in [1.165, 1.54) is 38.9 Å². The van der Waals surface area contributed by atoms with Gasteiger partial charge in [-0.05, 0) is 83.8 Å². The van der Waals surface area contributed by atoms with Crippen molar-refractivity contribution < 1.29 is 9.53 Å². The maximum atomic E-state index is 12.0. The molecule has 1 N–H and O–H groups in total. The number of amides is 1. The van der Waals surface area contributed by atoms with Crippen molar-refractivity contribution in [1.29, 1.82) is 0 Å². The van der Waals surface area contributed by atoms with Crippen molar-refractivity contribution in [3.63, 3.8) is 0 Å². The second-order valence-corrected chi connectivity index (χ2v) is 7.64. The van der Waals surface area contributed by atoms with Crippen molar-refractivity contribution in [3.8, 4) is 5.75 Å². The number of hydrogen-bond donors (Lipinski definition) is 1. The number of carbonyl (C=O) groups excluding carboxylic acids is 1. The van der Waals surface area contributed by atoms with Gasteiger partial charge in [0.15, 0.2) is 0 Å². The highest BCUT2D eigenvalue weighted by molar-refractivity contribution is 5.78. The lowest BCUT2D eigenvalue weighted by molar-refractivity contribution is -0.120. The standard InChI is InChI=1S/C20H32N2O2/c1-20(2,3)24-18-10-8-17(9-11-18)16-19(23)21-12-4-5-13-22-14-6-7-15-22/h8-11H,4-7,12-16H2,1-3H3,(H,21,23). The molecule has 24 heavy (non-hydrogen) atoms. The third kappa shape index (κ3) is 7.35. The zero-order valence-electron chi connectivity index (χ0n) is 15.4. The van der Waals surface area contributed by atoms with Gasteiger partial charge in [0.1, 0.15) is 11.4 Å². The molecule has 1 amide bonds. The van der Waals surface area contributed by atoms with Crippen LogP contribution < -0.4 is 10.1 Å². The van der Waals surface area contributed by atoms with E-state index in [0.29, 0.717) is 6.42 Å². The fraction of sp³-hybridized carbons (Fsp3) is 0.650. The van der Waals surface area contributed by atoms with Gasteiger partial charge in [0, 0.05) is 6.54 Å². The van der Waals surface area contributed by atoms with Crippen LogP contribution in [-0.4, -0.2) is 42.6 Å². The van der Waals surface area contributed by atoms with Crippen molar-refractivity contribution in [2.45, 2.75) is 58.5 Å². The van der Waals surface area contributed by atoms with E-state index in [4.69, 9.17) is 4.74 Å². The lowest BCUT2D eigenvalue weighted by Gasteiger charge is -2.21. The first kappa shape index (κ1) is 18.8. The molecule has 134 valence electrons. The van der Waals surface area contributed by atoms with Crippen LogP contribution >= 0.6 is 0 Å². The number of nitrogens with zero attached hydrogens (tertiary/aromatic N) is 1. The molecule has 0 aliphatic carbocycles. The molecule has 1 heterocycles. The first-order valence-corrected chi connectivity index (χ1v) is 9.19. The van der Waals surface area contributed by atoms with Crippen LogP contribution in [-0.2, 0) is 11.2 Å². The van der Waals surface area contributed by atoms with Crippen LogP contribution in [0.4, 0.5) is 0 Å². The molecule has 0 bridgehead atoms. The third-order valence-electron chi connectivity index (χ3n) is 4.13. The molecule has 1 aromatic carbocycles. The number of nitrogens with one attached hydrogen (secondary N) is 1. The van der Waals surface area contributed by atoms with E-state index in [0.717, 1.165) is 24.3 Å². The average Bonchev–Trinajstić information content (AvgIpc) is 3.01. The molecule has 4 heteroatoms. The molecular weight excluding hydrogens is 300 g/mol. The zero-order valence-corrected chi connectivity index (χ0v) is 15.4. The van der Waals surface area contributed by atoms with Gasteiger partial charge in [0.25, 0.3) is 0 Å². The molecule has 1 aliphatic rings. The van der Waals surface area contributed by atoms with Crippen LogP contribution in [0.3, 0.4) is 0 Å². The Morgan fingerprint density at radius 2 is 1.79 bits per heavy atom. The van der Waals surface area contributed by atoms with Gasteiger partial charge in [-0.2, -0.15) is 0 Å². The Kier molecular flexibility index (Phi) is 7.10. The van der Waals surface area contributed by atoms with Crippen LogP contribution in [0.1, 0.15) is 52.0 Å². The molecule has 1 saturated heterocycles. The molecule has 0 radical (unpaired) electrons. The summed E-state index contributed by atoms with van der Waals surface area (Å²) < 4.78 is 5.79. The van der Waals surface area contributed by atoms with Crippen LogP contribution in [0.5, 0.6) is 5.75 Å². The Bertz CT molecular complexity index is 499. The van der Waals surface area contributed by atoms with Gasteiger partial charge in [-0.1, -0.05) is 12.1 Å². The molecule has 0 aromatic heterocycles. The summed E-state index contributed by atoms with van der Waals surface area (Å²) >= 11 is 0. The van der Waals surface area contributed by atoms with Crippen LogP contribution in [0.25, 0.3) is 0 Å². The van der Waals surface area contributed by atoms with Crippen molar-refractivity contribution in [2.75, 3.05) is 26.2 Å². The molecule has 4 nitrogen and oxygen atoms in total. The fourth-order valence-electron chi connectivity index (χ4n) is 2.97. The van der Waals surface area contributed by atoms with E-state index in [1.807, 2.05) is 45.0 Å². The lowest BCUT2D eigenvalue weighted by Crippen LogP contribution is -2.27. The smallest absolute Gasteiger partial charge is 0.224 e. The van der Waals surface area contributed by atoms with Crippen molar-refractivity contribution in [1.82, 2.24) is 10.2 Å². The predicted octanol–water partition coefficient (Wildman–Crippen LogP) is 3.40. The Morgan fingerprint density at radius 1 is 1.12 bits per heavy atom. The maximum absolute atomic E-state index is 12.0. The summed E-state index contributed by atoms with van der Waals surface area (Å²) in [5, 5.41) is 3.02. The minimum absolute atomic E-state index is 0.0978. The van der Waals surface area contributed by atoms with E-state index >= 15 is 0 Å². The second-order valence-electron chi connectivity index (χ2n) is 7.64. The maximum Gasteiger partial charge on any atom is 0.224 e. The summed E-state index contributed by atoms with van der Waals surface area (Å²) in [6.07, 6.45) is 5.34. The highest BCUT2D eigenvalue weighted by Gasteiger charge is 2.12. The molecular formula is C20H32N2O2. The third-order valence-corrected chi connectivity index (χ3v) is 4.13. The van der Waals surface area contributed by atoms with E-state index in [9.17, 15) is 4.79 Å². The fourth-order valence-corrected chi connectivity index (χ4v) is 2.97. The topological polar surface area (TPSA) is 41.6 Å². The number of rotatable bonds is 8. The van der Waals surface area contributed by atoms with Crippen LogP contribution in [0.2, 0.25) is 0 Å². The quantitative estimate of drug-likeness (QED) is 0.742. The highest BCUT2D eigenvalue weighted by atomic mass is 16.5. The minimum atomic E-state index is -0.200. The monoisotopic (exact) mass is 332 g/mol. The van der Waals surface area contributed by atoms with Gasteiger partial charge in [-0.3, -0.25) is 4.79 Å². The minimum Gasteiger partial charge on any atom is -0.488 e. The molecule has 1 fully saturated rings. The first-order chi connectivity index (χ1) is 11.4. The van der Waals surface area contributed by atoms with Crippen LogP contribution in [0.15, 0.2) is 24.3 Å². The van der Waals surface area contributed by atoms with E-state index < -0.39 is 0 Å². The summed E-state index contributed by atoms with van der Waals surface area (Å²) in [4.78, 5) is 14.5. The van der Waals surface area contributed by atoms with Crippen molar-refractivity contribution in [3.05, 3.63) is 29.8 Å². The van der Waals surface area contributed by atoms with Gasteiger partial charge in [0.05, 0.1) is 6.42 Å². The largest absolute Gasteiger partial charge is 0.488 e. The summed E-state index contributed by atoms with van der Waals surface area (Å²) in [5.74, 6) is 0.939. The number of carbonyl (C=O) groups is 1. The summed E-state index contributed by atoms with van der Waals surface area (Å²) in [6.45, 7) is 10.5. The van der Waals surface area contributed by atoms with Gasteiger partial charge in [-0.25, -0.2) is 0 Å². The van der Waals surface area contributed by atoms with Gasteiger partial charge in [-0.15, -0.1) is 0 Å². The zero-order chi connectivity index (χ0) is 17.4. The number of benzene rings is 1. The van der Waals surface area contributed by atoms with Crippen molar-refractivity contribution >= 4 is 5.91 Å². The lowest BCUT2D eigenvalue weighted by atomic mass is 10.1. The van der Waals surface area contributed by atoms with E-state index in [2.05, 4.69) is 10.2 Å². The number of ether oxygens (including phenoxy) is 1. The Hall–Kier alpha value is -1.55. The second kappa shape index (κ2) is 9.07. The van der Waals surface area contributed by atoms with Crippen molar-refractivity contribution in [2.24, 2.45) is 0 Å². The molecule has 0 saturated carbocycles. The molecule has 0 atom stereocenters. The number of likely N-dealkylation sites (tertiary alicyclic amines) is 1. The van der Waals surface area contributed by atoms with Crippen LogP contribution in [0, 0.1) is 0 Å². The Balaban J connectivity index is 1.61. The van der Waals surface area contributed by atoms with Gasteiger partial charge in [0.2, 0.25) is 5.91 Å². The van der Waals surface area contributed by atoms with E-state index in [-0.39, 0.29) is 11.5 Å². The normalized spacial score (nSPS) is 15.5. The molecule has 2 rings (SSSR count). The summed E-state index contributed by atoms with van der Waals surface area (Å²) in [7, 11) is 0. The summed E-state index contributed by atoms with van der Waals surface area (Å²) in [5.41, 5.74) is 0.819. The molecule has 1 aliphatic heterocycles. The summed E-state index contributed by atoms with van der Waals surface area (Å²) in [6, 6.07) is 7.80. The molecule has 1 aromatic rings. The Labute approximate surface area is 146 Å². The molecule has 0 unspecified atom stereocenters. The number of hydrogen-bond acceptors (Lipinski definition) is 3. The molecule has 0 spiro atoms. The SMILES string of the molecule is CC(C)(C)Oc1ccc(CC(=O)NCCCCN2CCCC2)cc1. The highest BCUT2D eigenvalue weighted by Crippen LogP contribution is 2.18. The van der Waals surface area contributed by atoms with Gasteiger partial charge >= 0.3 is 0 Å². The number of unbranched alkanes of at least 4 members (excludes halogenated alkanes) is 1. The van der Waals surface area contributed by atoms with Gasteiger partial charge < -0.3 is 15.0 Å². The Morgan fingerprint density at radius 3 is 2.42 bits per heavy atom. The van der Waals surface area contributed by atoms with E-state index in [1.54, 1.807) is 0 Å².